The third kappa shape index (κ3) is 4.36. The van der Waals surface area contributed by atoms with E-state index >= 15 is 0 Å². The zero-order valence-corrected chi connectivity index (χ0v) is 19.8. The van der Waals surface area contributed by atoms with E-state index in [1.165, 1.54) is 35.1 Å². The maximum atomic E-state index is 12.9. The molecule has 1 saturated heterocycles. The lowest BCUT2D eigenvalue weighted by Crippen LogP contribution is -2.71. The number of amides is 2. The number of rotatable bonds is 7. The maximum Gasteiger partial charge on any atom is 0.352 e. The van der Waals surface area contributed by atoms with Crippen LogP contribution in [0, 0.1) is 6.92 Å². The first kappa shape index (κ1) is 22.9. The molecule has 0 aliphatic carbocycles. The summed E-state index contributed by atoms with van der Waals surface area (Å²) in [5.74, 6) is -2.04. The lowest BCUT2D eigenvalue weighted by atomic mass is 10.0. The molecule has 2 amide bonds. The zero-order chi connectivity index (χ0) is 23.7. The van der Waals surface area contributed by atoms with Crippen LogP contribution < -0.4 is 11.1 Å². The molecule has 4 rings (SSSR count). The Balaban J connectivity index is 1.54. The summed E-state index contributed by atoms with van der Waals surface area (Å²) < 4.78 is 0. The van der Waals surface area contributed by atoms with E-state index in [9.17, 15) is 19.5 Å². The number of hydrogen-bond donors (Lipinski definition) is 3. The SMILES string of the molecule is CO/N=C(\C(=O)NC1C(=O)N2C(C(=O)O)=C(/C=C/c3scnc3C)CSC12)c1csc(N)n1. The summed E-state index contributed by atoms with van der Waals surface area (Å²) in [6.45, 7) is 1.86. The minimum absolute atomic E-state index is 0.0919. The number of nitrogen functional groups attached to an aromatic ring is 1. The molecule has 33 heavy (non-hydrogen) atoms. The number of allylic oxidation sites excluding steroid dienone is 1. The van der Waals surface area contributed by atoms with Crippen LogP contribution in [0.3, 0.4) is 0 Å². The lowest BCUT2D eigenvalue weighted by Gasteiger charge is -2.49. The largest absolute Gasteiger partial charge is 0.477 e. The van der Waals surface area contributed by atoms with Gasteiger partial charge < -0.3 is 21.0 Å². The van der Waals surface area contributed by atoms with E-state index in [1.54, 1.807) is 23.0 Å². The van der Waals surface area contributed by atoms with Gasteiger partial charge in [0.05, 0.1) is 11.2 Å². The van der Waals surface area contributed by atoms with Crippen molar-refractivity contribution in [1.29, 1.82) is 0 Å². The highest BCUT2D eigenvalue weighted by Crippen LogP contribution is 2.41. The highest BCUT2D eigenvalue weighted by Gasteiger charge is 2.54. The molecule has 0 radical (unpaired) electrons. The molecule has 0 aromatic carbocycles. The van der Waals surface area contributed by atoms with Crippen molar-refractivity contribution in [2.45, 2.75) is 18.3 Å². The quantitative estimate of drug-likeness (QED) is 0.286. The molecule has 2 aliphatic heterocycles. The molecular weight excluding hydrogens is 488 g/mol. The fourth-order valence-corrected chi connectivity index (χ4v) is 5.88. The van der Waals surface area contributed by atoms with E-state index in [2.05, 4.69) is 20.4 Å². The van der Waals surface area contributed by atoms with Gasteiger partial charge in [0.2, 0.25) is 0 Å². The normalized spacial score (nSPS) is 20.6. The number of nitrogens with two attached hydrogens (primary N) is 1. The summed E-state index contributed by atoms with van der Waals surface area (Å²) in [5.41, 5.74) is 8.68. The van der Waals surface area contributed by atoms with Crippen molar-refractivity contribution in [2.24, 2.45) is 5.16 Å². The van der Waals surface area contributed by atoms with Gasteiger partial charge in [-0.1, -0.05) is 11.2 Å². The van der Waals surface area contributed by atoms with Crippen LogP contribution in [0.25, 0.3) is 6.08 Å². The zero-order valence-electron chi connectivity index (χ0n) is 17.3. The highest BCUT2D eigenvalue weighted by atomic mass is 32.2. The number of thioether (sulfide) groups is 1. The van der Waals surface area contributed by atoms with Crippen molar-refractivity contribution >= 4 is 69.1 Å². The molecule has 0 bridgehead atoms. The monoisotopic (exact) mass is 506 g/mol. The molecule has 2 aliphatic rings. The second-order valence-corrected chi connectivity index (χ2v) is 9.75. The molecule has 11 nitrogen and oxygen atoms in total. The van der Waals surface area contributed by atoms with Crippen LogP contribution >= 0.6 is 34.4 Å². The number of oxime groups is 1. The van der Waals surface area contributed by atoms with Crippen LogP contribution in [0.1, 0.15) is 16.3 Å². The molecule has 2 aromatic rings. The Morgan fingerprint density at radius 2 is 2.18 bits per heavy atom. The molecule has 4 N–H and O–H groups in total. The number of aryl methyl sites for hydroxylation is 1. The van der Waals surface area contributed by atoms with Crippen LogP contribution in [0.15, 0.2) is 33.4 Å². The number of aromatic nitrogens is 2. The number of carboxylic acid groups (broad SMARTS) is 1. The minimum Gasteiger partial charge on any atom is -0.477 e. The maximum absolute atomic E-state index is 12.9. The van der Waals surface area contributed by atoms with Crippen LogP contribution in [0.2, 0.25) is 0 Å². The number of nitrogens with one attached hydrogen (secondary N) is 1. The third-order valence-corrected chi connectivity index (χ3v) is 7.74. The number of β-lactam (4-membered cyclic amide) rings is 1. The number of thiazole rings is 2. The smallest absolute Gasteiger partial charge is 0.352 e. The van der Waals surface area contributed by atoms with Gasteiger partial charge in [-0.25, -0.2) is 14.8 Å². The fraction of sp³-hybridized carbons (Fsp3) is 0.263. The van der Waals surface area contributed by atoms with Gasteiger partial charge in [-0.15, -0.1) is 34.4 Å². The Labute approximate surface area is 200 Å². The van der Waals surface area contributed by atoms with Crippen LogP contribution in [0.5, 0.6) is 0 Å². The van der Waals surface area contributed by atoms with Crippen molar-refractivity contribution in [3.05, 3.63) is 44.5 Å². The summed E-state index contributed by atoms with van der Waals surface area (Å²) in [6, 6.07) is -0.913. The second-order valence-electron chi connectivity index (χ2n) is 6.87. The van der Waals surface area contributed by atoms with E-state index < -0.39 is 29.2 Å². The molecule has 4 heterocycles. The van der Waals surface area contributed by atoms with Gasteiger partial charge in [-0.05, 0) is 18.6 Å². The molecule has 0 saturated carbocycles. The van der Waals surface area contributed by atoms with Gasteiger partial charge >= 0.3 is 5.97 Å². The fourth-order valence-electron chi connectivity index (χ4n) is 3.32. The number of nitrogens with zero attached hydrogens (tertiary/aromatic N) is 4. The van der Waals surface area contributed by atoms with Gasteiger partial charge in [-0.2, -0.15) is 0 Å². The Morgan fingerprint density at radius 3 is 2.79 bits per heavy atom. The van der Waals surface area contributed by atoms with E-state index in [4.69, 9.17) is 10.6 Å². The van der Waals surface area contributed by atoms with Crippen LogP contribution in [0.4, 0.5) is 5.13 Å². The number of carbonyl (C=O) groups is 3. The molecule has 172 valence electrons. The van der Waals surface area contributed by atoms with Gasteiger partial charge in [0, 0.05) is 16.0 Å². The Bertz CT molecular complexity index is 1220. The second kappa shape index (κ2) is 9.33. The van der Waals surface area contributed by atoms with Crippen molar-refractivity contribution in [3.8, 4) is 0 Å². The van der Waals surface area contributed by atoms with Crippen molar-refractivity contribution in [1.82, 2.24) is 20.2 Å². The van der Waals surface area contributed by atoms with Gasteiger partial charge in [0.15, 0.2) is 10.8 Å². The topological polar surface area (TPSA) is 160 Å². The summed E-state index contributed by atoms with van der Waals surface area (Å²) in [5, 5.41) is 17.4. The van der Waals surface area contributed by atoms with E-state index in [1.807, 2.05) is 6.92 Å². The lowest BCUT2D eigenvalue weighted by molar-refractivity contribution is -0.150. The Morgan fingerprint density at radius 1 is 1.39 bits per heavy atom. The van der Waals surface area contributed by atoms with Crippen molar-refractivity contribution in [2.75, 3.05) is 18.6 Å². The minimum atomic E-state index is -1.21. The molecule has 1 fully saturated rings. The van der Waals surface area contributed by atoms with Crippen LogP contribution in [-0.4, -0.2) is 67.7 Å². The third-order valence-electron chi connectivity index (χ3n) is 4.87. The molecule has 2 atom stereocenters. The van der Waals surface area contributed by atoms with E-state index in [0.29, 0.717) is 11.3 Å². The van der Waals surface area contributed by atoms with Gasteiger partial charge in [0.1, 0.15) is 29.9 Å². The number of fused-ring (bicyclic) bond motifs is 1. The first-order valence-corrected chi connectivity index (χ1v) is 12.2. The standard InChI is InChI=1S/C19H18N6O5S3/c1-8-11(33-7-21-8)4-3-9-5-31-17-13(16(27)25(17)14(9)18(28)29)23-15(26)12(24-30-2)10-6-32-19(20)22-10/h3-4,6-7,13,17H,5H2,1-2H3,(H2,20,22)(H,23,26)(H,28,29)/b4-3+,24-12-. The molecular formula is C19H18N6O5S3. The van der Waals surface area contributed by atoms with Crippen LogP contribution in [-0.2, 0) is 19.2 Å². The van der Waals surface area contributed by atoms with E-state index in [-0.39, 0.29) is 22.2 Å². The predicted molar refractivity (Wildman–Crippen MR) is 126 cm³/mol. The average Bonchev–Trinajstić information content (AvgIpc) is 3.40. The molecule has 14 heteroatoms. The van der Waals surface area contributed by atoms with Crippen molar-refractivity contribution in [3.63, 3.8) is 0 Å². The summed E-state index contributed by atoms with van der Waals surface area (Å²) >= 11 is 3.94. The number of carboxylic acids is 1. The number of carbonyl (C=O) groups excluding carboxylic acids is 2. The summed E-state index contributed by atoms with van der Waals surface area (Å²) in [7, 11) is 1.28. The summed E-state index contributed by atoms with van der Waals surface area (Å²) in [6.07, 6.45) is 3.49. The number of anilines is 1. The van der Waals surface area contributed by atoms with Gasteiger partial charge in [-0.3, -0.25) is 14.5 Å². The first-order valence-electron chi connectivity index (χ1n) is 9.44. The molecule has 2 unspecified atom stereocenters. The van der Waals surface area contributed by atoms with E-state index in [0.717, 1.165) is 21.9 Å². The predicted octanol–water partition coefficient (Wildman–Crippen LogP) is 1.29. The molecule has 0 spiro atoms. The summed E-state index contributed by atoms with van der Waals surface area (Å²) in [4.78, 5) is 52.7. The highest BCUT2D eigenvalue weighted by molar-refractivity contribution is 8.00. The average molecular weight is 507 g/mol. The number of hydrogen-bond acceptors (Lipinski definition) is 11. The Hall–Kier alpha value is -3.23. The van der Waals surface area contributed by atoms with Crippen molar-refractivity contribution < 1.29 is 24.3 Å². The Kier molecular flexibility index (Phi) is 6.49. The number of aliphatic carboxylic acids is 1. The first-order chi connectivity index (χ1) is 15.8. The van der Waals surface area contributed by atoms with Gasteiger partial charge in [0.25, 0.3) is 11.8 Å². The molecule has 2 aromatic heterocycles.